The normalized spacial score (nSPS) is 19.0. The van der Waals surface area contributed by atoms with Crippen molar-refractivity contribution in [3.8, 4) is 0 Å². The Morgan fingerprint density at radius 1 is 1.26 bits per heavy atom. The van der Waals surface area contributed by atoms with Crippen LogP contribution in [0.5, 0.6) is 0 Å². The molecule has 2 fully saturated rings. The van der Waals surface area contributed by atoms with Crippen molar-refractivity contribution in [3.05, 3.63) is 29.3 Å². The van der Waals surface area contributed by atoms with E-state index in [0.717, 1.165) is 36.1 Å². The largest absolute Gasteiger partial charge is 0.357 e. The third kappa shape index (κ3) is 5.59. The zero-order valence-corrected chi connectivity index (χ0v) is 19.7. The van der Waals surface area contributed by atoms with E-state index >= 15 is 0 Å². The molecule has 152 valence electrons. The number of aliphatic imine (C=N–C) groups is 1. The number of hydrogen-bond donors (Lipinski definition) is 2. The Labute approximate surface area is 180 Å². The Morgan fingerprint density at radius 3 is 2.44 bits per heavy atom. The molecule has 0 unspecified atom stereocenters. The molecule has 0 radical (unpaired) electrons. The summed E-state index contributed by atoms with van der Waals surface area (Å²) in [5, 5.41) is 6.87. The average Bonchev–Trinajstić information content (AvgIpc) is 3.35. The molecule has 0 amide bonds. The Balaban J connectivity index is 0.00000261. The molecule has 2 N–H and O–H groups in total. The number of guanidine groups is 1. The van der Waals surface area contributed by atoms with Crippen LogP contribution in [-0.2, 0) is 16.4 Å². The molecule has 0 heterocycles. The molecule has 2 aliphatic rings. The van der Waals surface area contributed by atoms with Gasteiger partial charge in [0.25, 0.3) is 0 Å². The van der Waals surface area contributed by atoms with Crippen molar-refractivity contribution < 1.29 is 8.42 Å². The van der Waals surface area contributed by atoms with Crippen molar-refractivity contribution in [3.63, 3.8) is 0 Å². The van der Waals surface area contributed by atoms with Crippen molar-refractivity contribution in [2.75, 3.05) is 19.3 Å². The van der Waals surface area contributed by atoms with Crippen molar-refractivity contribution in [1.82, 2.24) is 10.6 Å². The van der Waals surface area contributed by atoms with Gasteiger partial charge < -0.3 is 10.6 Å². The summed E-state index contributed by atoms with van der Waals surface area (Å²) in [6.45, 7) is 6.28. The van der Waals surface area contributed by atoms with Crippen LogP contribution < -0.4 is 10.6 Å². The second kappa shape index (κ2) is 9.11. The maximum atomic E-state index is 11.7. The first-order chi connectivity index (χ1) is 12.3. The Kier molecular flexibility index (Phi) is 7.58. The summed E-state index contributed by atoms with van der Waals surface area (Å²) in [7, 11) is -3.17. The van der Waals surface area contributed by atoms with E-state index in [9.17, 15) is 8.42 Å². The quantitative estimate of drug-likeness (QED) is 0.337. The second-order valence-electron chi connectivity index (χ2n) is 7.91. The number of hydrogen-bond acceptors (Lipinski definition) is 3. The Hall–Kier alpha value is -0.830. The number of sulfone groups is 1. The fraction of sp³-hybridized carbons (Fsp3) is 0.650. The van der Waals surface area contributed by atoms with Crippen LogP contribution in [-0.4, -0.2) is 33.7 Å². The maximum absolute atomic E-state index is 11.7. The molecule has 1 aromatic rings. The van der Waals surface area contributed by atoms with Crippen molar-refractivity contribution in [2.24, 2.45) is 16.3 Å². The van der Waals surface area contributed by atoms with Gasteiger partial charge in [-0.3, -0.25) is 0 Å². The van der Waals surface area contributed by atoms with E-state index in [1.807, 2.05) is 19.1 Å². The Morgan fingerprint density at radius 2 is 1.96 bits per heavy atom. The van der Waals surface area contributed by atoms with Crippen molar-refractivity contribution >= 4 is 39.8 Å². The number of nitrogens with one attached hydrogen (secondary N) is 2. The first-order valence-corrected chi connectivity index (χ1v) is 11.5. The standard InChI is InChI=1S/C20H31N3O2S.HI/c1-4-21-19(23-14-20(10-5-11-20)17-7-8-17)22-13-16-6-9-18(15(2)12-16)26(3,24)25;/h6,9,12,17H,4-5,7-8,10-11,13-14H2,1-3H3,(H2,21,22,23);1H. The summed E-state index contributed by atoms with van der Waals surface area (Å²) in [6, 6.07) is 5.46. The number of benzene rings is 1. The molecule has 0 spiro atoms. The summed E-state index contributed by atoms with van der Waals surface area (Å²) in [5.41, 5.74) is 2.30. The molecule has 0 aliphatic heterocycles. The van der Waals surface area contributed by atoms with Crippen LogP contribution in [0.4, 0.5) is 0 Å². The van der Waals surface area contributed by atoms with E-state index in [-0.39, 0.29) is 24.0 Å². The lowest BCUT2D eigenvalue weighted by molar-refractivity contribution is 0.106. The summed E-state index contributed by atoms with van der Waals surface area (Å²) >= 11 is 0. The molecular formula is C20H32IN3O2S. The predicted octanol–water partition coefficient (Wildman–Crippen LogP) is 3.65. The van der Waals surface area contributed by atoms with Gasteiger partial charge in [-0.25, -0.2) is 13.4 Å². The van der Waals surface area contributed by atoms with Crippen LogP contribution >= 0.6 is 24.0 Å². The van der Waals surface area contributed by atoms with E-state index in [1.165, 1.54) is 38.4 Å². The highest BCUT2D eigenvalue weighted by atomic mass is 127. The van der Waals surface area contributed by atoms with Crippen molar-refractivity contribution in [1.29, 1.82) is 0 Å². The molecule has 1 aromatic carbocycles. The van der Waals surface area contributed by atoms with E-state index in [2.05, 4.69) is 17.6 Å². The van der Waals surface area contributed by atoms with Gasteiger partial charge in [0.05, 0.1) is 11.4 Å². The average molecular weight is 505 g/mol. The number of rotatable bonds is 7. The van der Waals surface area contributed by atoms with Gasteiger partial charge in [0.1, 0.15) is 0 Å². The van der Waals surface area contributed by atoms with Gasteiger partial charge in [-0.05, 0) is 68.1 Å². The van der Waals surface area contributed by atoms with E-state index in [4.69, 9.17) is 4.99 Å². The maximum Gasteiger partial charge on any atom is 0.191 e. The van der Waals surface area contributed by atoms with Gasteiger partial charge in [-0.2, -0.15) is 0 Å². The lowest BCUT2D eigenvalue weighted by Crippen LogP contribution is -2.47. The molecule has 5 nitrogen and oxygen atoms in total. The number of nitrogens with zero attached hydrogens (tertiary/aromatic N) is 1. The number of halogens is 1. The summed E-state index contributed by atoms with van der Waals surface area (Å²) in [6.07, 6.45) is 8.07. The van der Waals surface area contributed by atoms with Gasteiger partial charge in [0, 0.05) is 19.3 Å². The van der Waals surface area contributed by atoms with Crippen LogP contribution in [0.2, 0.25) is 0 Å². The van der Waals surface area contributed by atoms with E-state index < -0.39 is 9.84 Å². The van der Waals surface area contributed by atoms with E-state index in [0.29, 0.717) is 16.9 Å². The fourth-order valence-electron chi connectivity index (χ4n) is 4.05. The van der Waals surface area contributed by atoms with Gasteiger partial charge in [-0.1, -0.05) is 18.6 Å². The van der Waals surface area contributed by atoms with Crippen LogP contribution in [0.1, 0.15) is 50.2 Å². The van der Waals surface area contributed by atoms with E-state index in [1.54, 1.807) is 6.07 Å². The smallest absolute Gasteiger partial charge is 0.191 e. The molecule has 0 aromatic heterocycles. The number of aryl methyl sites for hydroxylation is 1. The van der Waals surface area contributed by atoms with Gasteiger partial charge in [0.15, 0.2) is 15.8 Å². The molecule has 7 heteroatoms. The first kappa shape index (κ1) is 22.5. The van der Waals surface area contributed by atoms with Crippen LogP contribution in [0.15, 0.2) is 28.1 Å². The molecule has 2 aliphatic carbocycles. The van der Waals surface area contributed by atoms with Crippen LogP contribution in [0.3, 0.4) is 0 Å². The zero-order chi connectivity index (χ0) is 18.8. The lowest BCUT2D eigenvalue weighted by Gasteiger charge is -2.43. The molecule has 0 atom stereocenters. The highest BCUT2D eigenvalue weighted by Gasteiger charge is 2.48. The van der Waals surface area contributed by atoms with Gasteiger partial charge in [-0.15, -0.1) is 24.0 Å². The monoisotopic (exact) mass is 505 g/mol. The first-order valence-electron chi connectivity index (χ1n) is 9.66. The minimum atomic E-state index is -3.17. The summed E-state index contributed by atoms with van der Waals surface area (Å²) < 4.78 is 23.5. The minimum absolute atomic E-state index is 0. The molecule has 2 saturated carbocycles. The summed E-state index contributed by atoms with van der Waals surface area (Å²) in [5.74, 6) is 1.77. The van der Waals surface area contributed by atoms with Crippen LogP contribution in [0, 0.1) is 18.3 Å². The Bertz CT molecular complexity index is 784. The van der Waals surface area contributed by atoms with Gasteiger partial charge >= 0.3 is 0 Å². The molecular weight excluding hydrogens is 473 g/mol. The minimum Gasteiger partial charge on any atom is -0.357 e. The fourth-order valence-corrected chi connectivity index (χ4v) is 5.01. The lowest BCUT2D eigenvalue weighted by atomic mass is 9.65. The molecule has 3 rings (SSSR count). The second-order valence-corrected chi connectivity index (χ2v) is 9.90. The third-order valence-corrected chi connectivity index (χ3v) is 7.06. The third-order valence-electron chi connectivity index (χ3n) is 5.80. The predicted molar refractivity (Wildman–Crippen MR) is 122 cm³/mol. The SMILES string of the molecule is CCNC(=NCc1ccc(S(C)(=O)=O)c(C)c1)NCC1(C2CC2)CCC1.I. The zero-order valence-electron chi connectivity index (χ0n) is 16.5. The molecule has 0 saturated heterocycles. The highest BCUT2D eigenvalue weighted by molar-refractivity contribution is 14.0. The highest BCUT2D eigenvalue weighted by Crippen LogP contribution is 2.56. The summed E-state index contributed by atoms with van der Waals surface area (Å²) in [4.78, 5) is 5.10. The molecule has 0 bridgehead atoms. The molecule has 27 heavy (non-hydrogen) atoms. The van der Waals surface area contributed by atoms with Crippen molar-refractivity contribution in [2.45, 2.75) is 57.4 Å². The van der Waals surface area contributed by atoms with Crippen LogP contribution in [0.25, 0.3) is 0 Å². The topological polar surface area (TPSA) is 70.6 Å². The van der Waals surface area contributed by atoms with Gasteiger partial charge in [0.2, 0.25) is 0 Å².